The fourth-order valence-corrected chi connectivity index (χ4v) is 6.36. The van der Waals surface area contributed by atoms with E-state index in [1.54, 1.807) is 0 Å². The molecule has 0 saturated carbocycles. The molecule has 8 aromatic rings. The average molecular weight is 563 g/mol. The second kappa shape index (κ2) is 9.19. The van der Waals surface area contributed by atoms with Crippen LogP contribution in [0.3, 0.4) is 0 Å². The molecule has 0 saturated heterocycles. The zero-order chi connectivity index (χ0) is 28.4. The van der Waals surface area contributed by atoms with Gasteiger partial charge in [0, 0.05) is 32.8 Å². The molecule has 0 amide bonds. The first-order chi connectivity index (χ1) is 20.4. The van der Waals surface area contributed by atoms with Crippen LogP contribution in [-0.4, -0.2) is 28.0 Å². The maximum atomic E-state index is 6.56. The van der Waals surface area contributed by atoms with E-state index in [0.29, 0.717) is 17.5 Å². The molecule has 0 atom stereocenters. The van der Waals surface area contributed by atoms with Gasteiger partial charge in [-0.1, -0.05) is 92.4 Å². The van der Waals surface area contributed by atoms with Crippen LogP contribution in [-0.2, 0) is 0 Å². The maximum absolute atomic E-state index is 6.56. The van der Waals surface area contributed by atoms with Crippen molar-refractivity contribution in [2.45, 2.75) is 19.6 Å². The minimum Gasteiger partial charge on any atom is -0.456 e. The summed E-state index contributed by atoms with van der Waals surface area (Å²) in [6, 6.07) is 34.5. The summed E-state index contributed by atoms with van der Waals surface area (Å²) in [6.45, 7) is 6.75. The third-order valence-corrected chi connectivity index (χ3v) is 9.15. The Morgan fingerprint density at radius 3 is 2.10 bits per heavy atom. The molecule has 3 heterocycles. The summed E-state index contributed by atoms with van der Waals surface area (Å²) in [4.78, 5) is 19.7. The smallest absolute Gasteiger partial charge is 0.227 e. The summed E-state index contributed by atoms with van der Waals surface area (Å²) < 4.78 is 12.7. The molecule has 42 heavy (non-hydrogen) atoms. The Hall–Kier alpha value is -5.14. The van der Waals surface area contributed by atoms with Crippen LogP contribution in [0.25, 0.3) is 78.0 Å². The zero-order valence-electron chi connectivity index (χ0n) is 23.4. The molecule has 0 aliphatic heterocycles. The van der Waals surface area contributed by atoms with E-state index in [4.69, 9.17) is 28.8 Å². The Balaban J connectivity index is 1.30. The highest BCUT2D eigenvalue weighted by molar-refractivity contribution is 6.87. The highest BCUT2D eigenvalue weighted by Gasteiger charge is 2.24. The average Bonchev–Trinajstić information content (AvgIpc) is 3.63. The van der Waals surface area contributed by atoms with Crippen molar-refractivity contribution in [2.24, 2.45) is 0 Å². The summed E-state index contributed by atoms with van der Waals surface area (Å²) in [6.07, 6.45) is 0. The molecule has 5 aromatic carbocycles. The zero-order valence-corrected chi connectivity index (χ0v) is 24.4. The minimum atomic E-state index is -1.82. The lowest BCUT2D eigenvalue weighted by Gasteiger charge is -2.16. The lowest BCUT2D eigenvalue weighted by atomic mass is 10.0. The quantitative estimate of drug-likeness (QED) is 0.200. The predicted octanol–water partition coefficient (Wildman–Crippen LogP) is 8.61. The SMILES string of the molecule is C[Si](C)(C)c1nc(-c2ccccc2)nc(-c2cccc(-c3nc4ccc5ccc6oc7ccccc7c6c5c4o3)c2)n1. The molecule has 0 aliphatic rings. The predicted molar refractivity (Wildman–Crippen MR) is 171 cm³/mol. The van der Waals surface area contributed by atoms with E-state index in [9.17, 15) is 0 Å². The van der Waals surface area contributed by atoms with E-state index >= 15 is 0 Å². The van der Waals surface area contributed by atoms with Gasteiger partial charge in [-0.15, -0.1) is 0 Å². The number of furan rings is 1. The van der Waals surface area contributed by atoms with Crippen molar-refractivity contribution in [3.63, 3.8) is 0 Å². The van der Waals surface area contributed by atoms with E-state index in [-0.39, 0.29) is 0 Å². The Morgan fingerprint density at radius 2 is 1.26 bits per heavy atom. The Labute approximate surface area is 242 Å². The fraction of sp³-hybridized carbons (Fsp3) is 0.0857. The van der Waals surface area contributed by atoms with Gasteiger partial charge in [0.15, 0.2) is 17.2 Å². The highest BCUT2D eigenvalue weighted by Crippen LogP contribution is 2.39. The van der Waals surface area contributed by atoms with Gasteiger partial charge in [-0.3, -0.25) is 0 Å². The Bertz CT molecular complexity index is 2300. The van der Waals surface area contributed by atoms with Gasteiger partial charge in [-0.25, -0.2) is 19.9 Å². The molecule has 6 nitrogen and oxygen atoms in total. The van der Waals surface area contributed by atoms with Crippen LogP contribution < -0.4 is 5.45 Å². The van der Waals surface area contributed by atoms with Crippen molar-refractivity contribution >= 4 is 57.3 Å². The van der Waals surface area contributed by atoms with Crippen LogP contribution in [0.5, 0.6) is 0 Å². The number of para-hydroxylation sites is 1. The number of rotatable bonds is 4. The molecule has 0 radical (unpaired) electrons. The van der Waals surface area contributed by atoms with Crippen molar-refractivity contribution in [3.05, 3.63) is 103 Å². The van der Waals surface area contributed by atoms with Crippen LogP contribution in [0, 0.1) is 0 Å². The van der Waals surface area contributed by atoms with Crippen molar-refractivity contribution in [1.29, 1.82) is 0 Å². The van der Waals surface area contributed by atoms with Crippen LogP contribution >= 0.6 is 0 Å². The normalized spacial score (nSPS) is 12.2. The lowest BCUT2D eigenvalue weighted by molar-refractivity contribution is 0.623. The van der Waals surface area contributed by atoms with Gasteiger partial charge in [0.2, 0.25) is 5.89 Å². The van der Waals surface area contributed by atoms with Gasteiger partial charge in [0.05, 0.1) is 0 Å². The van der Waals surface area contributed by atoms with Gasteiger partial charge < -0.3 is 8.83 Å². The first-order valence-electron chi connectivity index (χ1n) is 14.0. The van der Waals surface area contributed by atoms with E-state index in [1.807, 2.05) is 84.9 Å². The second-order valence-electron chi connectivity index (χ2n) is 11.6. The number of aromatic nitrogens is 4. The standard InChI is InChI=1S/C35H26N4O2Si/c1-42(2,3)35-38-32(22-10-5-4-6-11-22)37-33(39-35)23-12-9-13-24(20-23)34-36-26-18-16-21-17-19-28-30(29(21)31(26)41-34)25-14-7-8-15-27(25)40-28/h4-20H,1-3H3. The molecule has 0 aliphatic carbocycles. The molecule has 0 fully saturated rings. The molecule has 7 heteroatoms. The van der Waals surface area contributed by atoms with Crippen LogP contribution in [0.1, 0.15) is 0 Å². The molecule has 3 aromatic heterocycles. The number of oxazole rings is 1. The summed E-state index contributed by atoms with van der Waals surface area (Å²) in [5.74, 6) is 1.89. The summed E-state index contributed by atoms with van der Waals surface area (Å²) >= 11 is 0. The summed E-state index contributed by atoms with van der Waals surface area (Å²) in [7, 11) is -1.82. The second-order valence-corrected chi connectivity index (χ2v) is 16.5. The summed E-state index contributed by atoms with van der Waals surface area (Å²) in [5.41, 5.74) is 6.83. The molecule has 8 rings (SSSR count). The van der Waals surface area contributed by atoms with Crippen molar-refractivity contribution in [1.82, 2.24) is 19.9 Å². The van der Waals surface area contributed by atoms with Crippen molar-refractivity contribution in [3.8, 4) is 34.2 Å². The molecule has 0 bridgehead atoms. The third kappa shape index (κ3) is 4.01. The van der Waals surface area contributed by atoms with Gasteiger partial charge >= 0.3 is 0 Å². The van der Waals surface area contributed by atoms with E-state index in [0.717, 1.165) is 65.9 Å². The van der Waals surface area contributed by atoms with Crippen molar-refractivity contribution < 1.29 is 8.83 Å². The number of hydrogen-bond donors (Lipinski definition) is 0. The first kappa shape index (κ1) is 24.6. The van der Waals surface area contributed by atoms with Crippen LogP contribution in [0.4, 0.5) is 0 Å². The molecule has 0 unspecified atom stereocenters. The van der Waals surface area contributed by atoms with Gasteiger partial charge in [0.1, 0.15) is 30.2 Å². The molecule has 202 valence electrons. The minimum absolute atomic E-state index is 0.548. The fourth-order valence-electron chi connectivity index (χ4n) is 5.48. The molecular formula is C35H26N4O2Si. The third-order valence-electron chi connectivity index (χ3n) is 7.58. The van der Waals surface area contributed by atoms with Crippen LogP contribution in [0.15, 0.2) is 112 Å². The molecular weight excluding hydrogens is 536 g/mol. The van der Waals surface area contributed by atoms with E-state index in [2.05, 4.69) is 37.8 Å². The highest BCUT2D eigenvalue weighted by atomic mass is 28.3. The van der Waals surface area contributed by atoms with Crippen LogP contribution in [0.2, 0.25) is 19.6 Å². The van der Waals surface area contributed by atoms with E-state index < -0.39 is 8.07 Å². The van der Waals surface area contributed by atoms with E-state index in [1.165, 1.54) is 0 Å². The number of fused-ring (bicyclic) bond motifs is 7. The number of nitrogens with zero attached hydrogens (tertiary/aromatic N) is 4. The Kier molecular flexibility index (Phi) is 5.39. The van der Waals surface area contributed by atoms with Gasteiger partial charge in [-0.2, -0.15) is 0 Å². The van der Waals surface area contributed by atoms with Gasteiger partial charge in [0.25, 0.3) is 0 Å². The van der Waals surface area contributed by atoms with Gasteiger partial charge in [-0.05, 0) is 35.7 Å². The number of hydrogen-bond acceptors (Lipinski definition) is 6. The van der Waals surface area contributed by atoms with Crippen molar-refractivity contribution in [2.75, 3.05) is 0 Å². The largest absolute Gasteiger partial charge is 0.456 e. The first-order valence-corrected chi connectivity index (χ1v) is 17.5. The molecule has 0 spiro atoms. The topological polar surface area (TPSA) is 77.8 Å². The lowest BCUT2D eigenvalue weighted by Crippen LogP contribution is -2.43. The maximum Gasteiger partial charge on any atom is 0.227 e. The Morgan fingerprint density at radius 1 is 0.548 bits per heavy atom. The monoisotopic (exact) mass is 562 g/mol. The number of benzene rings is 5. The molecule has 0 N–H and O–H groups in total. The summed E-state index contributed by atoms with van der Waals surface area (Å²) in [5, 5.41) is 4.19.